The van der Waals surface area contributed by atoms with Crippen molar-refractivity contribution in [3.63, 3.8) is 0 Å². The smallest absolute Gasteiger partial charge is 0.305 e. The lowest BCUT2D eigenvalue weighted by molar-refractivity contribution is -0.139. The summed E-state index contributed by atoms with van der Waals surface area (Å²) < 4.78 is 0. The Bertz CT molecular complexity index is 309. The highest BCUT2D eigenvalue weighted by Gasteiger charge is 2.30. The Kier molecular flexibility index (Phi) is 4.52. The summed E-state index contributed by atoms with van der Waals surface area (Å²) in [6.45, 7) is 4.46. The number of aliphatic carboxylic acids is 1. The number of amides is 1. The van der Waals surface area contributed by atoms with Crippen molar-refractivity contribution in [2.45, 2.75) is 45.6 Å². The number of hydrogen-bond donors (Lipinski definition) is 1. The van der Waals surface area contributed by atoms with Crippen molar-refractivity contribution in [1.29, 1.82) is 0 Å². The average molecular weight is 225 g/mol. The van der Waals surface area contributed by atoms with E-state index >= 15 is 0 Å². The summed E-state index contributed by atoms with van der Waals surface area (Å²) in [6, 6.07) is -0.120. The van der Waals surface area contributed by atoms with Crippen molar-refractivity contribution < 1.29 is 14.7 Å². The van der Waals surface area contributed by atoms with Gasteiger partial charge >= 0.3 is 5.97 Å². The molecule has 1 unspecified atom stereocenters. The van der Waals surface area contributed by atoms with Gasteiger partial charge < -0.3 is 10.0 Å². The van der Waals surface area contributed by atoms with E-state index < -0.39 is 5.97 Å². The standard InChI is InChI=1S/C12H19NO3/c1-3-5-9(2)12(16)13-7-4-6-10(13)8-11(14)15/h5,10H,3-4,6-8H2,1-2H3,(H,14,15)/b9-5-. The van der Waals surface area contributed by atoms with Gasteiger partial charge in [-0.1, -0.05) is 13.0 Å². The van der Waals surface area contributed by atoms with Crippen molar-refractivity contribution in [3.05, 3.63) is 11.6 Å². The molecule has 1 aliphatic heterocycles. The molecule has 0 radical (unpaired) electrons. The molecule has 1 rings (SSSR count). The number of carbonyl (C=O) groups is 2. The van der Waals surface area contributed by atoms with Crippen molar-refractivity contribution in [2.75, 3.05) is 6.54 Å². The molecule has 0 aromatic carbocycles. The van der Waals surface area contributed by atoms with Crippen molar-refractivity contribution >= 4 is 11.9 Å². The van der Waals surface area contributed by atoms with Crippen molar-refractivity contribution in [2.24, 2.45) is 0 Å². The number of likely N-dealkylation sites (tertiary alicyclic amines) is 1. The monoisotopic (exact) mass is 225 g/mol. The highest BCUT2D eigenvalue weighted by Crippen LogP contribution is 2.22. The maximum Gasteiger partial charge on any atom is 0.305 e. The van der Waals surface area contributed by atoms with Crippen LogP contribution >= 0.6 is 0 Å². The average Bonchev–Trinajstić information content (AvgIpc) is 2.64. The number of carboxylic acids is 1. The molecule has 1 heterocycles. The topological polar surface area (TPSA) is 57.6 Å². The fraction of sp³-hybridized carbons (Fsp3) is 0.667. The fourth-order valence-electron chi connectivity index (χ4n) is 2.14. The maximum atomic E-state index is 12.0. The first kappa shape index (κ1) is 12.7. The normalized spacial score (nSPS) is 21.2. The first-order chi connectivity index (χ1) is 7.56. The minimum Gasteiger partial charge on any atom is -0.481 e. The predicted molar refractivity (Wildman–Crippen MR) is 61.0 cm³/mol. The van der Waals surface area contributed by atoms with Crippen LogP contribution in [-0.2, 0) is 9.59 Å². The van der Waals surface area contributed by atoms with E-state index in [9.17, 15) is 9.59 Å². The lowest BCUT2D eigenvalue weighted by atomic mass is 10.1. The molecule has 1 atom stereocenters. The third-order valence-electron chi connectivity index (χ3n) is 2.90. The number of carbonyl (C=O) groups excluding carboxylic acids is 1. The number of allylic oxidation sites excluding steroid dienone is 1. The van der Waals surface area contributed by atoms with Gasteiger partial charge in [0.1, 0.15) is 0 Å². The van der Waals surface area contributed by atoms with Gasteiger partial charge in [0.2, 0.25) is 5.91 Å². The fourth-order valence-corrected chi connectivity index (χ4v) is 2.14. The Balaban J connectivity index is 2.67. The van der Waals surface area contributed by atoms with Gasteiger partial charge in [0.25, 0.3) is 0 Å². The lowest BCUT2D eigenvalue weighted by Gasteiger charge is -2.23. The highest BCUT2D eigenvalue weighted by atomic mass is 16.4. The van der Waals surface area contributed by atoms with E-state index in [1.54, 1.807) is 11.8 Å². The molecule has 4 heteroatoms. The zero-order valence-corrected chi connectivity index (χ0v) is 9.90. The molecule has 1 aliphatic rings. The number of hydrogen-bond acceptors (Lipinski definition) is 2. The third-order valence-corrected chi connectivity index (χ3v) is 2.90. The maximum absolute atomic E-state index is 12.0. The third kappa shape index (κ3) is 3.08. The Labute approximate surface area is 95.9 Å². The molecule has 1 N–H and O–H groups in total. The van der Waals surface area contributed by atoms with Crippen molar-refractivity contribution in [1.82, 2.24) is 4.90 Å². The molecule has 0 aliphatic carbocycles. The molecule has 1 amide bonds. The summed E-state index contributed by atoms with van der Waals surface area (Å²) in [4.78, 5) is 24.4. The van der Waals surface area contributed by atoms with E-state index in [4.69, 9.17) is 5.11 Å². The van der Waals surface area contributed by atoms with Crippen LogP contribution in [0.5, 0.6) is 0 Å². The molecule has 1 fully saturated rings. The molecular formula is C12H19NO3. The van der Waals surface area contributed by atoms with Gasteiger partial charge in [0.05, 0.1) is 6.42 Å². The van der Waals surface area contributed by atoms with E-state index in [0.717, 1.165) is 24.8 Å². The molecule has 0 bridgehead atoms. The number of nitrogens with zero attached hydrogens (tertiary/aromatic N) is 1. The van der Waals surface area contributed by atoms with Crippen LogP contribution in [0.4, 0.5) is 0 Å². The molecule has 16 heavy (non-hydrogen) atoms. The van der Waals surface area contributed by atoms with Gasteiger partial charge in [0, 0.05) is 18.2 Å². The first-order valence-electron chi connectivity index (χ1n) is 5.75. The second-order valence-corrected chi connectivity index (χ2v) is 4.19. The second kappa shape index (κ2) is 5.68. The summed E-state index contributed by atoms with van der Waals surface area (Å²) in [5, 5.41) is 8.76. The van der Waals surface area contributed by atoms with Crippen LogP contribution in [0.15, 0.2) is 11.6 Å². The van der Waals surface area contributed by atoms with Crippen LogP contribution in [-0.4, -0.2) is 34.5 Å². The van der Waals surface area contributed by atoms with Crippen LogP contribution in [0.1, 0.15) is 39.5 Å². The minimum atomic E-state index is -0.832. The van der Waals surface area contributed by atoms with Gasteiger partial charge in [-0.25, -0.2) is 0 Å². The Morgan fingerprint density at radius 2 is 2.19 bits per heavy atom. The molecule has 0 spiro atoms. The molecule has 0 aromatic rings. The van der Waals surface area contributed by atoms with Crippen LogP contribution < -0.4 is 0 Å². The first-order valence-corrected chi connectivity index (χ1v) is 5.75. The lowest BCUT2D eigenvalue weighted by Crippen LogP contribution is -2.37. The summed E-state index contributed by atoms with van der Waals surface area (Å²) in [5.41, 5.74) is 0.722. The summed E-state index contributed by atoms with van der Waals surface area (Å²) in [7, 11) is 0. The van der Waals surface area contributed by atoms with Gasteiger partial charge in [-0.3, -0.25) is 9.59 Å². The van der Waals surface area contributed by atoms with Crippen LogP contribution in [0, 0.1) is 0 Å². The quantitative estimate of drug-likeness (QED) is 0.742. The van der Waals surface area contributed by atoms with Crippen LogP contribution in [0.25, 0.3) is 0 Å². The van der Waals surface area contributed by atoms with E-state index in [2.05, 4.69) is 0 Å². The largest absolute Gasteiger partial charge is 0.481 e. The molecule has 4 nitrogen and oxygen atoms in total. The SMILES string of the molecule is CC/C=C(/C)C(=O)N1CCCC1CC(=O)O. The Hall–Kier alpha value is -1.32. The summed E-state index contributed by atoms with van der Waals surface area (Å²) in [6.07, 6.45) is 4.49. The second-order valence-electron chi connectivity index (χ2n) is 4.19. The van der Waals surface area contributed by atoms with Gasteiger partial charge in [-0.2, -0.15) is 0 Å². The zero-order valence-electron chi connectivity index (χ0n) is 9.90. The Morgan fingerprint density at radius 3 is 2.75 bits per heavy atom. The van der Waals surface area contributed by atoms with Crippen LogP contribution in [0.3, 0.4) is 0 Å². The molecular weight excluding hydrogens is 206 g/mol. The predicted octanol–water partition coefficient (Wildman–Crippen LogP) is 1.81. The van der Waals surface area contributed by atoms with Gasteiger partial charge in [-0.05, 0) is 26.2 Å². The molecule has 0 saturated carbocycles. The Morgan fingerprint density at radius 1 is 1.50 bits per heavy atom. The van der Waals surface area contributed by atoms with E-state index in [1.807, 2.05) is 13.0 Å². The van der Waals surface area contributed by atoms with Crippen molar-refractivity contribution in [3.8, 4) is 0 Å². The van der Waals surface area contributed by atoms with E-state index in [1.165, 1.54) is 0 Å². The minimum absolute atomic E-state index is 0.00870. The van der Waals surface area contributed by atoms with E-state index in [-0.39, 0.29) is 18.4 Å². The van der Waals surface area contributed by atoms with E-state index in [0.29, 0.717) is 6.54 Å². The number of rotatable bonds is 4. The molecule has 0 aromatic heterocycles. The molecule has 90 valence electrons. The number of carboxylic acid groups (broad SMARTS) is 1. The van der Waals surface area contributed by atoms with Gasteiger partial charge in [-0.15, -0.1) is 0 Å². The zero-order chi connectivity index (χ0) is 12.1. The highest BCUT2D eigenvalue weighted by molar-refractivity contribution is 5.93. The summed E-state index contributed by atoms with van der Waals surface area (Å²) >= 11 is 0. The van der Waals surface area contributed by atoms with Gasteiger partial charge in [0.15, 0.2) is 0 Å². The summed E-state index contributed by atoms with van der Waals surface area (Å²) in [5.74, 6) is -0.840. The van der Waals surface area contributed by atoms with Crippen LogP contribution in [0.2, 0.25) is 0 Å². The molecule has 1 saturated heterocycles.